The van der Waals surface area contributed by atoms with Gasteiger partial charge in [0.2, 0.25) is 0 Å². The summed E-state index contributed by atoms with van der Waals surface area (Å²) in [6, 6.07) is -0.0323. The van der Waals surface area contributed by atoms with Crippen LogP contribution in [0.2, 0.25) is 0 Å². The monoisotopic (exact) mass is 271 g/mol. The lowest BCUT2D eigenvalue weighted by atomic mass is 10.1. The molecular formula is C13H25N3O3. The maximum Gasteiger partial charge on any atom is 0.409 e. The van der Waals surface area contributed by atoms with E-state index in [4.69, 9.17) is 4.74 Å². The first-order valence-corrected chi connectivity index (χ1v) is 6.82. The van der Waals surface area contributed by atoms with E-state index in [-0.39, 0.29) is 23.7 Å². The van der Waals surface area contributed by atoms with Gasteiger partial charge in [0.15, 0.2) is 0 Å². The van der Waals surface area contributed by atoms with E-state index < -0.39 is 0 Å². The highest BCUT2D eigenvalue weighted by atomic mass is 16.6. The molecule has 0 spiro atoms. The molecule has 1 aliphatic heterocycles. The summed E-state index contributed by atoms with van der Waals surface area (Å²) in [5, 5.41) is 5.80. The van der Waals surface area contributed by atoms with Gasteiger partial charge >= 0.3 is 12.1 Å². The molecule has 0 bridgehead atoms. The standard InChI is InChI=1S/C13H25N3O3/c1-5-19-12(18)16-8-6-10(7-9-16)14-11(17)15-13(2,3)4/h10H,5-9H2,1-4H3,(H2,14,15,17). The molecule has 0 aromatic carbocycles. The van der Waals surface area contributed by atoms with Gasteiger partial charge in [-0.1, -0.05) is 0 Å². The van der Waals surface area contributed by atoms with Crippen LogP contribution in [0.4, 0.5) is 9.59 Å². The zero-order chi connectivity index (χ0) is 14.5. The molecule has 1 saturated heterocycles. The normalized spacial score (nSPS) is 16.9. The molecule has 0 radical (unpaired) electrons. The van der Waals surface area contributed by atoms with E-state index in [2.05, 4.69) is 10.6 Å². The first-order valence-electron chi connectivity index (χ1n) is 6.82. The number of ether oxygens (including phenoxy) is 1. The Balaban J connectivity index is 2.30. The second-order valence-electron chi connectivity index (χ2n) is 5.81. The second-order valence-corrected chi connectivity index (χ2v) is 5.81. The third kappa shape index (κ3) is 5.81. The van der Waals surface area contributed by atoms with Gasteiger partial charge in [-0.05, 0) is 40.5 Å². The van der Waals surface area contributed by atoms with Gasteiger partial charge in [0.25, 0.3) is 0 Å². The minimum absolute atomic E-state index is 0.119. The maximum absolute atomic E-state index is 11.7. The van der Waals surface area contributed by atoms with Crippen molar-refractivity contribution < 1.29 is 14.3 Å². The summed E-state index contributed by atoms with van der Waals surface area (Å²) in [6.07, 6.45) is 1.26. The number of likely N-dealkylation sites (tertiary alicyclic amines) is 1. The van der Waals surface area contributed by atoms with E-state index in [1.165, 1.54) is 0 Å². The van der Waals surface area contributed by atoms with Crippen molar-refractivity contribution in [1.82, 2.24) is 15.5 Å². The van der Waals surface area contributed by atoms with E-state index in [1.54, 1.807) is 11.8 Å². The van der Waals surface area contributed by atoms with Crippen LogP contribution in [0.3, 0.4) is 0 Å². The lowest BCUT2D eigenvalue weighted by Gasteiger charge is -2.32. The smallest absolute Gasteiger partial charge is 0.409 e. The topological polar surface area (TPSA) is 70.7 Å². The number of carbonyl (C=O) groups excluding carboxylic acids is 2. The number of rotatable bonds is 2. The summed E-state index contributed by atoms with van der Waals surface area (Å²) < 4.78 is 4.95. The second kappa shape index (κ2) is 6.63. The van der Waals surface area contributed by atoms with Gasteiger partial charge in [0.05, 0.1) is 6.61 Å². The lowest BCUT2D eigenvalue weighted by Crippen LogP contribution is -2.52. The Morgan fingerprint density at radius 1 is 1.26 bits per heavy atom. The lowest BCUT2D eigenvalue weighted by molar-refractivity contribution is 0.0957. The minimum Gasteiger partial charge on any atom is -0.450 e. The Kier molecular flexibility index (Phi) is 5.44. The van der Waals surface area contributed by atoms with Crippen LogP contribution >= 0.6 is 0 Å². The number of carbonyl (C=O) groups is 2. The molecular weight excluding hydrogens is 246 g/mol. The highest BCUT2D eigenvalue weighted by Crippen LogP contribution is 2.11. The van der Waals surface area contributed by atoms with Crippen molar-refractivity contribution in [3.63, 3.8) is 0 Å². The molecule has 110 valence electrons. The summed E-state index contributed by atoms with van der Waals surface area (Å²) in [7, 11) is 0. The van der Waals surface area contributed by atoms with Crippen LogP contribution in [0.1, 0.15) is 40.5 Å². The number of nitrogens with one attached hydrogen (secondary N) is 2. The van der Waals surface area contributed by atoms with Crippen LogP contribution in [-0.2, 0) is 4.74 Å². The first-order chi connectivity index (χ1) is 8.81. The Morgan fingerprint density at radius 3 is 2.32 bits per heavy atom. The van der Waals surface area contributed by atoms with Crippen molar-refractivity contribution >= 4 is 12.1 Å². The summed E-state index contributed by atoms with van der Waals surface area (Å²) in [5.41, 5.74) is -0.240. The molecule has 1 rings (SSSR count). The molecule has 0 saturated carbocycles. The van der Waals surface area contributed by atoms with Gasteiger partial charge in [-0.15, -0.1) is 0 Å². The summed E-state index contributed by atoms with van der Waals surface area (Å²) in [5.74, 6) is 0. The Morgan fingerprint density at radius 2 is 1.84 bits per heavy atom. The number of hydrogen-bond donors (Lipinski definition) is 2. The van der Waals surface area contributed by atoms with Crippen molar-refractivity contribution in [2.75, 3.05) is 19.7 Å². The number of hydrogen-bond acceptors (Lipinski definition) is 3. The quantitative estimate of drug-likeness (QED) is 0.803. The third-order valence-electron chi connectivity index (χ3n) is 2.84. The maximum atomic E-state index is 11.7. The number of nitrogens with zero attached hydrogens (tertiary/aromatic N) is 1. The fraction of sp³-hybridized carbons (Fsp3) is 0.846. The number of urea groups is 1. The Labute approximate surface area is 114 Å². The van der Waals surface area contributed by atoms with Crippen LogP contribution in [-0.4, -0.2) is 48.3 Å². The van der Waals surface area contributed by atoms with Gasteiger partial charge < -0.3 is 20.3 Å². The summed E-state index contributed by atoms with van der Waals surface area (Å²) in [4.78, 5) is 24.9. The van der Waals surface area contributed by atoms with Crippen molar-refractivity contribution in [2.45, 2.75) is 52.1 Å². The average Bonchev–Trinajstić information content (AvgIpc) is 2.27. The van der Waals surface area contributed by atoms with Gasteiger partial charge in [-0.2, -0.15) is 0 Å². The predicted octanol–water partition coefficient (Wildman–Crippen LogP) is 1.70. The first kappa shape index (κ1) is 15.6. The number of amides is 3. The molecule has 1 heterocycles. The average molecular weight is 271 g/mol. The zero-order valence-electron chi connectivity index (χ0n) is 12.3. The van der Waals surface area contributed by atoms with E-state index >= 15 is 0 Å². The Hall–Kier alpha value is -1.46. The van der Waals surface area contributed by atoms with Crippen LogP contribution in [0.25, 0.3) is 0 Å². The highest BCUT2D eigenvalue weighted by Gasteiger charge is 2.25. The van der Waals surface area contributed by atoms with Crippen molar-refractivity contribution in [3.8, 4) is 0 Å². The molecule has 19 heavy (non-hydrogen) atoms. The van der Waals surface area contributed by atoms with Gasteiger partial charge in [-0.25, -0.2) is 9.59 Å². The van der Waals surface area contributed by atoms with Crippen LogP contribution < -0.4 is 10.6 Å². The number of piperidine rings is 1. The molecule has 0 unspecified atom stereocenters. The van der Waals surface area contributed by atoms with Gasteiger partial charge in [0, 0.05) is 24.7 Å². The predicted molar refractivity (Wildman–Crippen MR) is 73.0 cm³/mol. The molecule has 0 aromatic heterocycles. The fourth-order valence-electron chi connectivity index (χ4n) is 1.98. The minimum atomic E-state index is -0.264. The molecule has 0 atom stereocenters. The molecule has 1 aliphatic rings. The SMILES string of the molecule is CCOC(=O)N1CCC(NC(=O)NC(C)(C)C)CC1. The van der Waals surface area contributed by atoms with E-state index in [9.17, 15) is 9.59 Å². The third-order valence-corrected chi connectivity index (χ3v) is 2.84. The van der Waals surface area contributed by atoms with E-state index in [0.717, 1.165) is 12.8 Å². The molecule has 6 nitrogen and oxygen atoms in total. The largest absolute Gasteiger partial charge is 0.450 e. The molecule has 1 fully saturated rings. The molecule has 0 aromatic rings. The van der Waals surface area contributed by atoms with Gasteiger partial charge in [0.1, 0.15) is 0 Å². The van der Waals surface area contributed by atoms with Crippen LogP contribution in [0.5, 0.6) is 0 Å². The van der Waals surface area contributed by atoms with Crippen molar-refractivity contribution in [1.29, 1.82) is 0 Å². The highest BCUT2D eigenvalue weighted by molar-refractivity contribution is 5.75. The molecule has 6 heteroatoms. The molecule has 0 aliphatic carbocycles. The van der Waals surface area contributed by atoms with Crippen molar-refractivity contribution in [2.24, 2.45) is 0 Å². The van der Waals surface area contributed by atoms with Gasteiger partial charge in [-0.3, -0.25) is 0 Å². The van der Waals surface area contributed by atoms with E-state index in [0.29, 0.717) is 19.7 Å². The van der Waals surface area contributed by atoms with Crippen LogP contribution in [0.15, 0.2) is 0 Å². The summed E-state index contributed by atoms with van der Waals surface area (Å²) >= 11 is 0. The fourth-order valence-corrected chi connectivity index (χ4v) is 1.98. The summed E-state index contributed by atoms with van der Waals surface area (Å²) in [6.45, 7) is 9.26. The Bertz CT molecular complexity index is 318. The zero-order valence-corrected chi connectivity index (χ0v) is 12.3. The van der Waals surface area contributed by atoms with Crippen molar-refractivity contribution in [3.05, 3.63) is 0 Å². The van der Waals surface area contributed by atoms with E-state index in [1.807, 2.05) is 20.8 Å². The molecule has 2 N–H and O–H groups in total. The van der Waals surface area contributed by atoms with Crippen LogP contribution in [0, 0.1) is 0 Å². The molecule has 3 amide bonds.